The molecule has 0 unspecified atom stereocenters. The van der Waals surface area contributed by atoms with Crippen molar-refractivity contribution < 1.29 is 31.5 Å². The van der Waals surface area contributed by atoms with Gasteiger partial charge in [0.1, 0.15) is 29.8 Å². The van der Waals surface area contributed by atoms with E-state index in [0.29, 0.717) is 18.4 Å². The van der Waals surface area contributed by atoms with Gasteiger partial charge in [0.05, 0.1) is 18.1 Å². The Morgan fingerprint density at radius 2 is 1.90 bits per heavy atom. The number of benzene rings is 2. The second-order valence-corrected chi connectivity index (χ2v) is 12.5. The number of terminal acetylenes is 1. The van der Waals surface area contributed by atoms with Crippen LogP contribution < -0.4 is 0 Å². The van der Waals surface area contributed by atoms with Crippen LogP contribution in [0.3, 0.4) is 0 Å². The molecule has 2 atom stereocenters. The molecule has 2 aliphatic heterocycles. The average Bonchev–Trinajstić information content (AvgIpc) is 3.45. The van der Waals surface area contributed by atoms with E-state index >= 15 is 8.78 Å². The Morgan fingerprint density at radius 3 is 2.60 bits per heavy atom. The van der Waals surface area contributed by atoms with E-state index in [-0.39, 0.29) is 56.2 Å². The molecule has 2 aliphatic rings. The third-order valence-corrected chi connectivity index (χ3v) is 10.2. The number of rotatable bonds is 8. The van der Waals surface area contributed by atoms with Crippen LogP contribution in [0.1, 0.15) is 60.4 Å². The van der Waals surface area contributed by atoms with Crippen molar-refractivity contribution in [1.29, 1.82) is 0 Å². The maximum Gasteiger partial charge on any atom is 0.327 e. The van der Waals surface area contributed by atoms with Gasteiger partial charge in [-0.1, -0.05) is 36.3 Å². The van der Waals surface area contributed by atoms with Gasteiger partial charge < -0.3 is 9.47 Å². The van der Waals surface area contributed by atoms with Gasteiger partial charge in [0.25, 0.3) is 0 Å². The second kappa shape index (κ2) is 12.3. The van der Waals surface area contributed by atoms with Crippen LogP contribution in [-0.2, 0) is 42.8 Å². The summed E-state index contributed by atoms with van der Waals surface area (Å²) in [7, 11) is -3.98. The van der Waals surface area contributed by atoms with E-state index in [1.807, 2.05) is 0 Å². The summed E-state index contributed by atoms with van der Waals surface area (Å²) in [5, 5.41) is 3.58. The Bertz CT molecular complexity index is 1580. The fraction of sp³-hybridized carbons (Fsp3) is 0.433. The molecule has 2 saturated heterocycles. The molecule has 0 amide bonds. The summed E-state index contributed by atoms with van der Waals surface area (Å²) in [6.07, 6.45) is 8.33. The fourth-order valence-corrected chi connectivity index (χ4v) is 7.92. The molecule has 1 aromatic heterocycles. The number of nitrogens with zero attached hydrogens (tertiary/aromatic N) is 4. The van der Waals surface area contributed by atoms with Gasteiger partial charge in [-0.3, -0.25) is 4.79 Å². The lowest BCUT2D eigenvalue weighted by Gasteiger charge is -2.37. The molecule has 12 heteroatoms. The van der Waals surface area contributed by atoms with Crippen LogP contribution in [0.5, 0.6) is 0 Å². The van der Waals surface area contributed by atoms with Crippen molar-refractivity contribution in [2.45, 2.75) is 62.4 Å². The number of sulfonamides is 1. The first kappa shape index (κ1) is 29.8. The van der Waals surface area contributed by atoms with Crippen LogP contribution in [0.4, 0.5) is 8.78 Å². The summed E-state index contributed by atoms with van der Waals surface area (Å²) >= 11 is 0. The van der Waals surface area contributed by atoms with Crippen LogP contribution in [0.15, 0.2) is 48.8 Å². The molecular formula is C30H32F2N4O5S. The highest BCUT2D eigenvalue weighted by Crippen LogP contribution is 2.42. The van der Waals surface area contributed by atoms with Crippen molar-refractivity contribution in [2.24, 2.45) is 0 Å². The zero-order valence-electron chi connectivity index (χ0n) is 23.2. The van der Waals surface area contributed by atoms with E-state index in [1.165, 1.54) is 11.0 Å². The van der Waals surface area contributed by atoms with Gasteiger partial charge in [0.2, 0.25) is 10.0 Å². The first-order valence-electron chi connectivity index (χ1n) is 13.8. The molecule has 0 spiro atoms. The maximum atomic E-state index is 16.0. The minimum absolute atomic E-state index is 0.0399. The monoisotopic (exact) mass is 598 g/mol. The van der Waals surface area contributed by atoms with E-state index in [1.54, 1.807) is 37.3 Å². The highest BCUT2D eigenvalue weighted by atomic mass is 32.2. The Morgan fingerprint density at radius 1 is 1.17 bits per heavy atom. The number of carbonyl (C=O) groups is 1. The van der Waals surface area contributed by atoms with Gasteiger partial charge in [-0.05, 0) is 50.3 Å². The van der Waals surface area contributed by atoms with Crippen LogP contribution in [-0.4, -0.2) is 59.3 Å². The highest BCUT2D eigenvalue weighted by Gasteiger charge is 2.44. The van der Waals surface area contributed by atoms with E-state index in [4.69, 9.17) is 15.9 Å². The van der Waals surface area contributed by atoms with Gasteiger partial charge >= 0.3 is 5.97 Å². The Balaban J connectivity index is 1.48. The molecule has 0 aliphatic carbocycles. The Hall–Kier alpha value is -3.66. The molecule has 0 saturated carbocycles. The largest absolute Gasteiger partial charge is 0.465 e. The third-order valence-electron chi connectivity index (χ3n) is 7.99. The average molecular weight is 599 g/mol. The number of aromatic nitrogens is 3. The summed E-state index contributed by atoms with van der Waals surface area (Å²) in [5.74, 6) is 0.764. The quantitative estimate of drug-likeness (QED) is 0.286. The third kappa shape index (κ3) is 5.69. The standard InChI is InChI=1S/C30H32F2N4O5S/c1-3-23-10-11-27(21-8-6-5-7-9-21)42(38,39)36(23)18-22-16-26(32)24(17-25(22)31)30(12-14-40-15-13-30)29-33-20-35(34-29)19-28(37)41-4-2/h1,5-9,16-17,20,23,27H,4,10-15,18-19H2,2H3/t23-,27+/m0/s1. The van der Waals surface area contributed by atoms with Crippen molar-refractivity contribution in [2.75, 3.05) is 19.8 Å². The highest BCUT2D eigenvalue weighted by molar-refractivity contribution is 7.89. The van der Waals surface area contributed by atoms with Gasteiger partial charge in [-0.15, -0.1) is 6.42 Å². The molecule has 0 radical (unpaired) electrons. The zero-order chi connectivity index (χ0) is 29.9. The second-order valence-electron chi connectivity index (χ2n) is 10.4. The summed E-state index contributed by atoms with van der Waals surface area (Å²) in [6.45, 7) is 1.86. The van der Waals surface area contributed by atoms with Crippen LogP contribution in [0, 0.1) is 24.0 Å². The SMILES string of the molecule is C#C[C@H]1CC[C@H](c2ccccc2)S(=O)(=O)N1Cc1cc(F)c(C2(c3ncn(CC(=O)OCC)n3)CCOCC2)cc1F. The lowest BCUT2D eigenvalue weighted by molar-refractivity contribution is -0.144. The minimum atomic E-state index is -3.98. The van der Waals surface area contributed by atoms with Crippen molar-refractivity contribution in [3.05, 3.63) is 82.9 Å². The number of ether oxygens (including phenoxy) is 2. The topological polar surface area (TPSA) is 104 Å². The van der Waals surface area contributed by atoms with Crippen LogP contribution in [0.25, 0.3) is 0 Å². The summed E-state index contributed by atoms with van der Waals surface area (Å²) < 4.78 is 72.1. The molecule has 5 rings (SSSR count). The molecule has 3 heterocycles. The predicted molar refractivity (Wildman–Crippen MR) is 149 cm³/mol. The van der Waals surface area contributed by atoms with Crippen LogP contribution >= 0.6 is 0 Å². The number of esters is 1. The summed E-state index contributed by atoms with van der Waals surface area (Å²) in [4.78, 5) is 16.3. The van der Waals surface area contributed by atoms with Gasteiger partial charge in [0.15, 0.2) is 5.82 Å². The first-order chi connectivity index (χ1) is 20.2. The molecule has 0 N–H and O–H groups in total. The summed E-state index contributed by atoms with van der Waals surface area (Å²) in [6, 6.07) is 10.1. The predicted octanol–water partition coefficient (Wildman–Crippen LogP) is 3.88. The van der Waals surface area contributed by atoms with E-state index in [2.05, 4.69) is 16.0 Å². The molecular weight excluding hydrogens is 566 g/mol. The smallest absolute Gasteiger partial charge is 0.327 e. The van der Waals surface area contributed by atoms with Crippen molar-refractivity contribution in [1.82, 2.24) is 19.1 Å². The number of hydrogen-bond donors (Lipinski definition) is 0. The Labute approximate surface area is 243 Å². The minimum Gasteiger partial charge on any atom is -0.465 e. The molecule has 2 aromatic carbocycles. The lowest BCUT2D eigenvalue weighted by atomic mass is 9.73. The summed E-state index contributed by atoms with van der Waals surface area (Å²) in [5.41, 5.74) is -0.579. The number of carbonyl (C=O) groups excluding carboxylic acids is 1. The number of halogens is 2. The molecule has 9 nitrogen and oxygen atoms in total. The van der Waals surface area contributed by atoms with Gasteiger partial charge in [-0.25, -0.2) is 26.9 Å². The van der Waals surface area contributed by atoms with E-state index in [9.17, 15) is 13.2 Å². The number of hydrogen-bond acceptors (Lipinski definition) is 7. The van der Waals surface area contributed by atoms with E-state index < -0.39 is 50.9 Å². The Kier molecular flexibility index (Phi) is 8.73. The molecule has 222 valence electrons. The molecule has 3 aromatic rings. The first-order valence-corrected chi connectivity index (χ1v) is 15.3. The maximum absolute atomic E-state index is 16.0. The van der Waals surface area contributed by atoms with Gasteiger partial charge in [-0.2, -0.15) is 9.40 Å². The van der Waals surface area contributed by atoms with Crippen molar-refractivity contribution in [3.63, 3.8) is 0 Å². The van der Waals surface area contributed by atoms with Crippen molar-refractivity contribution in [3.8, 4) is 12.3 Å². The zero-order valence-corrected chi connectivity index (χ0v) is 24.0. The lowest BCUT2D eigenvalue weighted by Crippen LogP contribution is -2.45. The molecule has 2 fully saturated rings. The van der Waals surface area contributed by atoms with E-state index in [0.717, 1.165) is 16.4 Å². The normalized spacial score (nSPS) is 21.9. The van der Waals surface area contributed by atoms with Crippen molar-refractivity contribution >= 4 is 16.0 Å². The van der Waals surface area contributed by atoms with Gasteiger partial charge in [0, 0.05) is 30.9 Å². The van der Waals surface area contributed by atoms with Crippen LogP contribution in [0.2, 0.25) is 0 Å². The molecule has 0 bridgehead atoms. The fourth-order valence-electron chi connectivity index (χ4n) is 5.82. The molecule has 42 heavy (non-hydrogen) atoms.